The number of carbonyl (C=O) groups excluding carboxylic acids is 4. The summed E-state index contributed by atoms with van der Waals surface area (Å²) in [6.45, 7) is 7.97. The van der Waals surface area contributed by atoms with Crippen LogP contribution in [0.4, 0.5) is 0 Å². The number of aromatic nitrogens is 2. The Labute approximate surface area is 345 Å². The highest BCUT2D eigenvalue weighted by atomic mass is 16.6. The van der Waals surface area contributed by atoms with Gasteiger partial charge in [-0.1, -0.05) is 12.8 Å². The molecule has 0 amide bonds. The minimum Gasteiger partial charge on any atom is -0.478 e. The van der Waals surface area contributed by atoms with E-state index < -0.39 is 35.8 Å². The van der Waals surface area contributed by atoms with Crippen LogP contribution in [0.1, 0.15) is 91.8 Å². The normalized spacial score (nSPS) is 15.2. The van der Waals surface area contributed by atoms with Gasteiger partial charge in [-0.25, -0.2) is 9.59 Å². The number of carboxylic acids is 2. The third kappa shape index (κ3) is 10.6. The molecule has 6 rings (SSSR count). The van der Waals surface area contributed by atoms with Crippen LogP contribution in [0.5, 0.6) is 0 Å². The Morgan fingerprint density at radius 2 is 1.02 bits per heavy atom. The highest BCUT2D eigenvalue weighted by Gasteiger charge is 2.29. The molecule has 0 unspecified atom stereocenters. The first-order chi connectivity index (χ1) is 28.6. The molecule has 18 nitrogen and oxygen atoms in total. The van der Waals surface area contributed by atoms with Crippen molar-refractivity contribution in [1.29, 1.82) is 0 Å². The van der Waals surface area contributed by atoms with E-state index >= 15 is 0 Å². The van der Waals surface area contributed by atoms with Crippen LogP contribution in [0.25, 0.3) is 22.6 Å². The van der Waals surface area contributed by atoms with E-state index in [0.717, 1.165) is 25.7 Å². The van der Waals surface area contributed by atoms with E-state index in [9.17, 15) is 39.0 Å². The number of ether oxygens (including phenoxy) is 2. The minimum absolute atomic E-state index is 0.0541. The molecule has 6 heterocycles. The van der Waals surface area contributed by atoms with E-state index in [0.29, 0.717) is 69.6 Å². The number of aromatic carboxylic acids is 2. The number of furan rings is 2. The molecule has 0 spiro atoms. The number of cyclic esters (lactones) is 4. The Kier molecular flexibility index (Phi) is 13.7. The molecule has 60 heavy (non-hydrogen) atoms. The molecular weight excluding hydrogens is 780 g/mol. The number of esters is 4. The molecule has 4 aromatic rings. The number of pyridine rings is 2. The van der Waals surface area contributed by atoms with Crippen molar-refractivity contribution in [3.05, 3.63) is 80.8 Å². The standard InChI is InChI=1S/C42H48N6O12/c1-23-37(41(53)54)25(3)57-39(23)27-11-29(44-31(13-27)17-47-19-33(49)59-34(50)20-47)15-46(10-8-6-5-7-9-43)16-30-12-28(40-24(2)38(42(55)56)26(4)58-40)14-32(45-30)18-48-21-35(51)60-36(52)22-48/h11-14H,5-10,15-22,43H2,1-4H3,(H,53,54)(H,55,56). The van der Waals surface area contributed by atoms with Gasteiger partial charge < -0.3 is 34.3 Å². The van der Waals surface area contributed by atoms with Crippen LogP contribution in [0.2, 0.25) is 0 Å². The van der Waals surface area contributed by atoms with Crippen molar-refractivity contribution >= 4 is 35.8 Å². The lowest BCUT2D eigenvalue weighted by atomic mass is 10.0. The Balaban J connectivity index is 1.40. The van der Waals surface area contributed by atoms with Crippen LogP contribution in [0.15, 0.2) is 33.1 Å². The van der Waals surface area contributed by atoms with Crippen molar-refractivity contribution in [2.24, 2.45) is 5.73 Å². The monoisotopic (exact) mass is 828 g/mol. The van der Waals surface area contributed by atoms with Gasteiger partial charge in [-0.2, -0.15) is 0 Å². The SMILES string of the molecule is Cc1oc(-c2cc(CN3CC(=O)OC(=O)C3)nc(CN(CCCCCCN)Cc3cc(-c4oc(C)c(C(=O)O)c4C)cc(CN4CC(=O)OC(=O)C4)n3)c2)c(C)c1C(=O)O. The summed E-state index contributed by atoms with van der Waals surface area (Å²) in [6.07, 6.45) is 3.50. The molecule has 0 saturated carbocycles. The van der Waals surface area contributed by atoms with E-state index in [4.69, 9.17) is 34.0 Å². The van der Waals surface area contributed by atoms with Crippen molar-refractivity contribution in [2.45, 2.75) is 79.6 Å². The van der Waals surface area contributed by atoms with Gasteiger partial charge in [0.1, 0.15) is 34.2 Å². The summed E-state index contributed by atoms with van der Waals surface area (Å²) in [5, 5.41) is 19.8. The summed E-state index contributed by atoms with van der Waals surface area (Å²) in [5.74, 6) is -3.77. The number of hydrogen-bond acceptors (Lipinski definition) is 16. The van der Waals surface area contributed by atoms with Crippen LogP contribution in [-0.2, 0) is 54.8 Å². The third-order valence-electron chi connectivity index (χ3n) is 10.3. The molecule has 2 fully saturated rings. The number of aryl methyl sites for hydroxylation is 2. The Bertz CT molecular complexity index is 2150. The first-order valence-corrected chi connectivity index (χ1v) is 19.6. The van der Waals surface area contributed by atoms with Crippen LogP contribution < -0.4 is 5.73 Å². The molecule has 0 aliphatic carbocycles. The summed E-state index contributed by atoms with van der Waals surface area (Å²) in [7, 11) is 0. The number of nitrogens with two attached hydrogens (primary N) is 1. The van der Waals surface area contributed by atoms with Gasteiger partial charge in [0, 0.05) is 48.4 Å². The lowest BCUT2D eigenvalue weighted by Gasteiger charge is -2.26. The summed E-state index contributed by atoms with van der Waals surface area (Å²) in [4.78, 5) is 88.1. The van der Waals surface area contributed by atoms with E-state index in [1.807, 2.05) is 12.1 Å². The molecule has 2 aliphatic heterocycles. The highest BCUT2D eigenvalue weighted by molar-refractivity contribution is 5.94. The van der Waals surface area contributed by atoms with E-state index in [1.54, 1.807) is 49.6 Å². The van der Waals surface area contributed by atoms with Crippen LogP contribution >= 0.6 is 0 Å². The Hall–Kier alpha value is -6.08. The predicted molar refractivity (Wildman–Crippen MR) is 211 cm³/mol. The van der Waals surface area contributed by atoms with Gasteiger partial charge in [0.15, 0.2) is 0 Å². The summed E-state index contributed by atoms with van der Waals surface area (Å²) < 4.78 is 21.5. The number of carboxylic acid groups (broad SMARTS) is 2. The molecule has 318 valence electrons. The van der Waals surface area contributed by atoms with Gasteiger partial charge in [-0.3, -0.25) is 43.8 Å². The molecular formula is C42H48N6O12. The highest BCUT2D eigenvalue weighted by Crippen LogP contribution is 2.34. The summed E-state index contributed by atoms with van der Waals surface area (Å²) in [6, 6.07) is 7.14. The molecule has 18 heteroatoms. The molecule has 0 bridgehead atoms. The fourth-order valence-corrected chi connectivity index (χ4v) is 7.79. The van der Waals surface area contributed by atoms with Crippen LogP contribution in [0, 0.1) is 27.7 Å². The van der Waals surface area contributed by atoms with Crippen molar-refractivity contribution < 1.29 is 57.3 Å². The summed E-state index contributed by atoms with van der Waals surface area (Å²) >= 11 is 0. The topological polar surface area (TPSA) is 249 Å². The van der Waals surface area contributed by atoms with Gasteiger partial charge in [0.25, 0.3) is 0 Å². The zero-order valence-electron chi connectivity index (χ0n) is 34.0. The number of hydrogen-bond donors (Lipinski definition) is 3. The van der Waals surface area contributed by atoms with Crippen molar-refractivity contribution in [1.82, 2.24) is 24.7 Å². The second-order valence-corrected chi connectivity index (χ2v) is 15.2. The van der Waals surface area contributed by atoms with Crippen molar-refractivity contribution in [3.63, 3.8) is 0 Å². The van der Waals surface area contributed by atoms with Gasteiger partial charge >= 0.3 is 35.8 Å². The number of rotatable bonds is 18. The molecule has 4 aromatic heterocycles. The maximum atomic E-state index is 12.1. The molecule has 0 radical (unpaired) electrons. The number of nitrogens with zero attached hydrogens (tertiary/aromatic N) is 5. The van der Waals surface area contributed by atoms with E-state index in [2.05, 4.69) is 4.90 Å². The van der Waals surface area contributed by atoms with Gasteiger partial charge in [-0.05, 0) is 77.9 Å². The number of unbranched alkanes of at least 4 members (excludes halogenated alkanes) is 3. The molecule has 2 saturated heterocycles. The maximum Gasteiger partial charge on any atom is 0.339 e. The minimum atomic E-state index is -1.12. The van der Waals surface area contributed by atoms with Crippen LogP contribution in [-0.4, -0.2) is 110 Å². The smallest absolute Gasteiger partial charge is 0.339 e. The second-order valence-electron chi connectivity index (χ2n) is 15.2. The average molecular weight is 829 g/mol. The van der Waals surface area contributed by atoms with E-state index in [1.165, 1.54) is 0 Å². The van der Waals surface area contributed by atoms with Crippen molar-refractivity contribution in [3.8, 4) is 22.6 Å². The lowest BCUT2D eigenvalue weighted by molar-refractivity contribution is -0.168. The summed E-state index contributed by atoms with van der Waals surface area (Å²) in [5.41, 5.74) is 10.1. The molecule has 2 aliphatic rings. The Morgan fingerprint density at radius 3 is 1.38 bits per heavy atom. The average Bonchev–Trinajstić information content (AvgIpc) is 3.63. The van der Waals surface area contributed by atoms with Gasteiger partial charge in [-0.15, -0.1) is 0 Å². The second kappa shape index (κ2) is 18.9. The largest absolute Gasteiger partial charge is 0.478 e. The Morgan fingerprint density at radius 1 is 0.633 bits per heavy atom. The number of carbonyl (C=O) groups is 6. The first kappa shape index (κ1) is 43.5. The van der Waals surface area contributed by atoms with E-state index in [-0.39, 0.29) is 75.0 Å². The third-order valence-corrected chi connectivity index (χ3v) is 10.3. The van der Waals surface area contributed by atoms with Gasteiger partial charge in [0.05, 0.1) is 49.0 Å². The molecule has 0 aromatic carbocycles. The van der Waals surface area contributed by atoms with Crippen LogP contribution in [0.3, 0.4) is 0 Å². The fraction of sp³-hybridized carbons (Fsp3) is 0.429. The quantitative estimate of drug-likeness (QED) is 0.0730. The van der Waals surface area contributed by atoms with Crippen molar-refractivity contribution in [2.75, 3.05) is 39.3 Å². The predicted octanol–water partition coefficient (Wildman–Crippen LogP) is 3.92. The lowest BCUT2D eigenvalue weighted by Crippen LogP contribution is -2.42. The zero-order valence-corrected chi connectivity index (χ0v) is 34.0. The molecule has 0 atom stereocenters. The number of morpholine rings is 2. The first-order valence-electron chi connectivity index (χ1n) is 19.6. The zero-order chi connectivity index (χ0) is 43.2. The molecule has 4 N–H and O–H groups in total. The fourth-order valence-electron chi connectivity index (χ4n) is 7.79. The maximum absolute atomic E-state index is 12.1. The van der Waals surface area contributed by atoms with Gasteiger partial charge in [0.2, 0.25) is 0 Å².